The first-order valence-corrected chi connectivity index (χ1v) is 9.55. The quantitative estimate of drug-likeness (QED) is 0.666. The average molecular weight is 450 g/mol. The number of pyridine rings is 1. The lowest BCUT2D eigenvalue weighted by atomic mass is 10.1. The van der Waals surface area contributed by atoms with Gasteiger partial charge < -0.3 is 10.2 Å². The zero-order valence-electron chi connectivity index (χ0n) is 15.9. The van der Waals surface area contributed by atoms with Crippen LogP contribution in [0.3, 0.4) is 0 Å². The van der Waals surface area contributed by atoms with Crippen LogP contribution in [0.25, 0.3) is 16.9 Å². The van der Waals surface area contributed by atoms with Crippen LogP contribution in [0.1, 0.15) is 16.1 Å². The number of nitrogens with one attached hydrogen (secondary N) is 1. The summed E-state index contributed by atoms with van der Waals surface area (Å²) in [6.45, 7) is 0.488. The molecule has 0 unspecified atom stereocenters. The van der Waals surface area contributed by atoms with Gasteiger partial charge in [-0.25, -0.2) is 4.68 Å². The standard InChI is InChI=1S/C20H15ClF3N5O2/c21-14-2-1-3-15(7-14)29-17(12-6-13(10-25-9-12)20(22,23)24)8-16(27-29)19(31)28-5-4-26-18(30)11-28/h1-3,6-10H,4-5,11H2,(H,26,30). The summed E-state index contributed by atoms with van der Waals surface area (Å²) in [5.41, 5.74) is -0.134. The Bertz CT molecular complexity index is 1160. The minimum absolute atomic E-state index is 0.0120. The third-order valence-electron chi connectivity index (χ3n) is 4.67. The second kappa shape index (κ2) is 8.03. The summed E-state index contributed by atoms with van der Waals surface area (Å²) in [7, 11) is 0. The number of aromatic nitrogens is 3. The summed E-state index contributed by atoms with van der Waals surface area (Å²) in [4.78, 5) is 29.6. The number of carbonyl (C=O) groups is 2. The number of benzene rings is 1. The van der Waals surface area contributed by atoms with Gasteiger partial charge in [0.2, 0.25) is 5.91 Å². The first kappa shape index (κ1) is 20.9. The Morgan fingerprint density at radius 1 is 1.16 bits per heavy atom. The predicted octanol–water partition coefficient (Wildman–Crippen LogP) is 3.18. The molecule has 7 nitrogen and oxygen atoms in total. The summed E-state index contributed by atoms with van der Waals surface area (Å²) in [6.07, 6.45) is -2.60. The number of hydrogen-bond acceptors (Lipinski definition) is 4. The second-order valence-corrected chi connectivity index (χ2v) is 7.28. The van der Waals surface area contributed by atoms with E-state index in [1.54, 1.807) is 24.3 Å². The van der Waals surface area contributed by atoms with E-state index in [1.165, 1.54) is 21.8 Å². The molecule has 0 radical (unpaired) electrons. The molecule has 1 aliphatic heterocycles. The van der Waals surface area contributed by atoms with E-state index in [1.807, 2.05) is 0 Å². The van der Waals surface area contributed by atoms with Gasteiger partial charge in [0.05, 0.1) is 23.5 Å². The molecule has 4 rings (SSSR count). The number of hydrogen-bond donors (Lipinski definition) is 1. The van der Waals surface area contributed by atoms with Gasteiger partial charge in [0.25, 0.3) is 5.91 Å². The van der Waals surface area contributed by atoms with Crippen molar-refractivity contribution in [2.24, 2.45) is 0 Å². The summed E-state index contributed by atoms with van der Waals surface area (Å²) in [5, 5.41) is 7.33. The molecule has 1 aromatic carbocycles. The first-order chi connectivity index (χ1) is 14.7. The van der Waals surface area contributed by atoms with E-state index in [2.05, 4.69) is 15.4 Å². The van der Waals surface area contributed by atoms with Gasteiger partial charge in [-0.05, 0) is 30.3 Å². The van der Waals surface area contributed by atoms with Crippen LogP contribution in [0.2, 0.25) is 5.02 Å². The molecule has 1 saturated heterocycles. The van der Waals surface area contributed by atoms with Crippen molar-refractivity contribution in [3.05, 3.63) is 65.1 Å². The van der Waals surface area contributed by atoms with Crippen LogP contribution in [0.4, 0.5) is 13.2 Å². The van der Waals surface area contributed by atoms with E-state index >= 15 is 0 Å². The summed E-state index contributed by atoms with van der Waals surface area (Å²) >= 11 is 6.06. The lowest BCUT2D eigenvalue weighted by molar-refractivity contribution is -0.137. The van der Waals surface area contributed by atoms with Crippen molar-refractivity contribution >= 4 is 23.4 Å². The molecule has 0 aliphatic carbocycles. The maximum atomic E-state index is 13.2. The van der Waals surface area contributed by atoms with Crippen molar-refractivity contribution in [2.75, 3.05) is 19.6 Å². The summed E-state index contributed by atoms with van der Waals surface area (Å²) in [6, 6.07) is 8.84. The number of piperazine rings is 1. The van der Waals surface area contributed by atoms with Gasteiger partial charge in [-0.15, -0.1) is 0 Å². The fourth-order valence-corrected chi connectivity index (χ4v) is 3.39. The largest absolute Gasteiger partial charge is 0.417 e. The topological polar surface area (TPSA) is 80.1 Å². The van der Waals surface area contributed by atoms with Crippen LogP contribution in [0, 0.1) is 0 Å². The van der Waals surface area contributed by atoms with Crippen molar-refractivity contribution in [3.8, 4) is 16.9 Å². The van der Waals surface area contributed by atoms with Gasteiger partial charge in [0.1, 0.15) is 0 Å². The zero-order valence-corrected chi connectivity index (χ0v) is 16.6. The Balaban J connectivity index is 1.82. The second-order valence-electron chi connectivity index (χ2n) is 6.84. The van der Waals surface area contributed by atoms with Crippen molar-refractivity contribution in [2.45, 2.75) is 6.18 Å². The minimum atomic E-state index is -4.58. The molecule has 31 heavy (non-hydrogen) atoms. The van der Waals surface area contributed by atoms with E-state index in [0.717, 1.165) is 12.3 Å². The maximum absolute atomic E-state index is 13.2. The van der Waals surface area contributed by atoms with E-state index in [9.17, 15) is 22.8 Å². The van der Waals surface area contributed by atoms with E-state index < -0.39 is 17.6 Å². The first-order valence-electron chi connectivity index (χ1n) is 9.17. The lowest BCUT2D eigenvalue weighted by Gasteiger charge is -2.25. The maximum Gasteiger partial charge on any atom is 0.417 e. The number of amides is 2. The van der Waals surface area contributed by atoms with Crippen LogP contribution in [-0.2, 0) is 11.0 Å². The Kier molecular flexibility index (Phi) is 5.40. The van der Waals surface area contributed by atoms with Gasteiger partial charge in [-0.3, -0.25) is 14.6 Å². The van der Waals surface area contributed by atoms with Gasteiger partial charge in [0, 0.05) is 36.1 Å². The number of rotatable bonds is 3. The number of alkyl halides is 3. The molecular weight excluding hydrogens is 435 g/mol. The monoisotopic (exact) mass is 449 g/mol. The fourth-order valence-electron chi connectivity index (χ4n) is 3.20. The van der Waals surface area contributed by atoms with E-state index in [-0.39, 0.29) is 29.4 Å². The highest BCUT2D eigenvalue weighted by Crippen LogP contribution is 2.32. The average Bonchev–Trinajstić information content (AvgIpc) is 3.18. The molecule has 2 amide bonds. The summed E-state index contributed by atoms with van der Waals surface area (Å²) < 4.78 is 40.9. The molecule has 0 atom stereocenters. The molecule has 1 fully saturated rings. The third-order valence-corrected chi connectivity index (χ3v) is 4.90. The molecule has 1 aliphatic rings. The smallest absolute Gasteiger partial charge is 0.353 e. The number of nitrogens with zero attached hydrogens (tertiary/aromatic N) is 4. The molecule has 11 heteroatoms. The van der Waals surface area contributed by atoms with Crippen LogP contribution in [0.15, 0.2) is 48.8 Å². The normalized spacial score (nSPS) is 14.5. The Morgan fingerprint density at radius 3 is 2.68 bits per heavy atom. The van der Waals surface area contributed by atoms with Crippen LogP contribution in [0.5, 0.6) is 0 Å². The van der Waals surface area contributed by atoms with Crippen LogP contribution < -0.4 is 5.32 Å². The lowest BCUT2D eigenvalue weighted by Crippen LogP contribution is -2.50. The van der Waals surface area contributed by atoms with Crippen molar-refractivity contribution < 1.29 is 22.8 Å². The number of carbonyl (C=O) groups excluding carboxylic acids is 2. The fraction of sp³-hybridized carbons (Fsp3) is 0.200. The number of halogens is 4. The molecule has 0 saturated carbocycles. The predicted molar refractivity (Wildman–Crippen MR) is 106 cm³/mol. The van der Waals surface area contributed by atoms with Crippen molar-refractivity contribution in [3.63, 3.8) is 0 Å². The SMILES string of the molecule is O=C1CN(C(=O)c2cc(-c3cncc(C(F)(F)F)c3)n(-c3cccc(Cl)c3)n2)CCN1. The summed E-state index contributed by atoms with van der Waals surface area (Å²) in [5.74, 6) is -0.798. The van der Waals surface area contributed by atoms with Crippen molar-refractivity contribution in [1.82, 2.24) is 25.0 Å². The molecule has 0 bridgehead atoms. The Hall–Kier alpha value is -3.40. The molecule has 3 heterocycles. The van der Waals surface area contributed by atoms with E-state index in [0.29, 0.717) is 23.8 Å². The Morgan fingerprint density at radius 2 is 1.97 bits per heavy atom. The van der Waals surface area contributed by atoms with Crippen molar-refractivity contribution in [1.29, 1.82) is 0 Å². The van der Waals surface area contributed by atoms with Gasteiger partial charge in [-0.1, -0.05) is 17.7 Å². The van der Waals surface area contributed by atoms with Crippen LogP contribution in [-0.4, -0.2) is 51.1 Å². The van der Waals surface area contributed by atoms with Gasteiger partial charge in [-0.2, -0.15) is 18.3 Å². The Labute approximate surface area is 179 Å². The molecule has 160 valence electrons. The van der Waals surface area contributed by atoms with Crippen LogP contribution >= 0.6 is 11.6 Å². The van der Waals surface area contributed by atoms with E-state index in [4.69, 9.17) is 11.6 Å². The molecular formula is C20H15ClF3N5O2. The van der Waals surface area contributed by atoms with Gasteiger partial charge >= 0.3 is 6.18 Å². The highest BCUT2D eigenvalue weighted by molar-refractivity contribution is 6.30. The molecule has 2 aromatic heterocycles. The minimum Gasteiger partial charge on any atom is -0.353 e. The zero-order chi connectivity index (χ0) is 22.2. The highest BCUT2D eigenvalue weighted by atomic mass is 35.5. The highest BCUT2D eigenvalue weighted by Gasteiger charge is 2.32. The third kappa shape index (κ3) is 4.38. The molecule has 3 aromatic rings. The molecule has 0 spiro atoms. The van der Waals surface area contributed by atoms with Gasteiger partial charge in [0.15, 0.2) is 5.69 Å². The molecule has 1 N–H and O–H groups in total.